The lowest BCUT2D eigenvalue weighted by Gasteiger charge is -2.22. The third-order valence-corrected chi connectivity index (χ3v) is 3.07. The number of halogens is 2. The molecule has 0 radical (unpaired) electrons. The van der Waals surface area contributed by atoms with E-state index in [0.29, 0.717) is 11.9 Å². The van der Waals surface area contributed by atoms with Crippen LogP contribution in [0.5, 0.6) is 0 Å². The molecule has 1 N–H and O–H groups in total. The smallest absolute Gasteiger partial charge is 0.245 e. The van der Waals surface area contributed by atoms with Crippen molar-refractivity contribution in [3.8, 4) is 0 Å². The Morgan fingerprint density at radius 2 is 2.18 bits per heavy atom. The van der Waals surface area contributed by atoms with E-state index in [9.17, 15) is 0 Å². The van der Waals surface area contributed by atoms with Gasteiger partial charge >= 0.3 is 0 Å². The topological polar surface area (TPSA) is 59.9 Å². The zero-order chi connectivity index (χ0) is 12.1. The summed E-state index contributed by atoms with van der Waals surface area (Å²) >= 11 is 11.5. The Morgan fingerprint density at radius 1 is 1.29 bits per heavy atom. The van der Waals surface area contributed by atoms with Gasteiger partial charge in [0, 0.05) is 13.2 Å². The van der Waals surface area contributed by atoms with E-state index in [1.54, 1.807) is 0 Å². The molecule has 1 aliphatic heterocycles. The largest absolute Gasteiger partial charge is 0.378 e. The van der Waals surface area contributed by atoms with Gasteiger partial charge in [-0.25, -0.2) is 0 Å². The van der Waals surface area contributed by atoms with Crippen molar-refractivity contribution in [1.29, 1.82) is 0 Å². The van der Waals surface area contributed by atoms with E-state index < -0.39 is 0 Å². The van der Waals surface area contributed by atoms with Gasteiger partial charge in [0.25, 0.3) is 0 Å². The number of hydrogen-bond donors (Lipinski definition) is 1. The summed E-state index contributed by atoms with van der Waals surface area (Å²) in [6.07, 6.45) is 4.80. The summed E-state index contributed by atoms with van der Waals surface area (Å²) in [5.74, 6) is 0.475. The van der Waals surface area contributed by atoms with Gasteiger partial charge in [-0.15, -0.1) is 10.2 Å². The monoisotopic (exact) mass is 276 g/mol. The van der Waals surface area contributed by atoms with Crippen molar-refractivity contribution in [3.05, 3.63) is 10.4 Å². The highest BCUT2D eigenvalue weighted by molar-refractivity contribution is 6.32. The molecule has 1 saturated heterocycles. The van der Waals surface area contributed by atoms with E-state index in [0.717, 1.165) is 26.0 Å². The fourth-order valence-electron chi connectivity index (χ4n) is 1.79. The molecule has 1 aromatic heterocycles. The third kappa shape index (κ3) is 3.94. The molecule has 5 nitrogen and oxygen atoms in total. The minimum absolute atomic E-state index is 0.0887. The number of rotatable bonds is 4. The predicted molar refractivity (Wildman–Crippen MR) is 66.5 cm³/mol. The normalized spacial score (nSPS) is 20.2. The van der Waals surface area contributed by atoms with Crippen LogP contribution in [0.2, 0.25) is 10.4 Å². The molecule has 0 spiro atoms. The van der Waals surface area contributed by atoms with Crippen LogP contribution < -0.4 is 5.32 Å². The highest BCUT2D eigenvalue weighted by Gasteiger charge is 2.13. The Hall–Kier alpha value is -0.650. The molecule has 2 heterocycles. The molecular formula is C10H14Cl2N4O. The molecule has 94 valence electrons. The van der Waals surface area contributed by atoms with Gasteiger partial charge in [-0.2, -0.15) is 4.98 Å². The first kappa shape index (κ1) is 12.8. The molecule has 0 aliphatic carbocycles. The van der Waals surface area contributed by atoms with Gasteiger partial charge in [0.05, 0.1) is 6.10 Å². The molecule has 1 aliphatic rings. The Morgan fingerprint density at radius 3 is 2.94 bits per heavy atom. The van der Waals surface area contributed by atoms with Crippen LogP contribution in [0.3, 0.4) is 0 Å². The second-order valence-electron chi connectivity index (χ2n) is 3.92. The lowest BCUT2D eigenvalue weighted by molar-refractivity contribution is 0.0134. The minimum Gasteiger partial charge on any atom is -0.378 e. The maximum Gasteiger partial charge on any atom is 0.245 e. The van der Waals surface area contributed by atoms with Crippen molar-refractivity contribution in [2.45, 2.75) is 31.8 Å². The molecule has 0 amide bonds. The third-order valence-electron chi connectivity index (χ3n) is 2.65. The number of aromatic nitrogens is 3. The van der Waals surface area contributed by atoms with Gasteiger partial charge in [0.15, 0.2) is 11.0 Å². The van der Waals surface area contributed by atoms with Crippen LogP contribution in [0, 0.1) is 0 Å². The number of nitrogens with zero attached hydrogens (tertiary/aromatic N) is 3. The van der Waals surface area contributed by atoms with Gasteiger partial charge in [0.2, 0.25) is 5.28 Å². The summed E-state index contributed by atoms with van der Waals surface area (Å²) in [5.41, 5.74) is 0. The van der Waals surface area contributed by atoms with E-state index >= 15 is 0 Å². The van der Waals surface area contributed by atoms with Crippen LogP contribution in [0.4, 0.5) is 5.82 Å². The minimum atomic E-state index is 0.0887. The Labute approximate surface area is 110 Å². The highest BCUT2D eigenvalue weighted by atomic mass is 35.5. The first-order valence-electron chi connectivity index (χ1n) is 5.67. The van der Waals surface area contributed by atoms with Gasteiger partial charge in [-0.05, 0) is 37.3 Å². The van der Waals surface area contributed by atoms with Crippen molar-refractivity contribution in [1.82, 2.24) is 15.2 Å². The predicted octanol–water partition coefficient (Wildman–Crippen LogP) is 2.55. The summed E-state index contributed by atoms with van der Waals surface area (Å²) < 4.78 is 5.62. The standard InChI is InChI=1S/C10H14Cl2N4O/c11-8-9(14-10(12)16-15-8)13-5-4-7-3-1-2-6-17-7/h7H,1-6H2,(H,13,14,16). The molecule has 2 rings (SSSR count). The molecule has 0 saturated carbocycles. The van der Waals surface area contributed by atoms with Gasteiger partial charge < -0.3 is 10.1 Å². The molecular weight excluding hydrogens is 263 g/mol. The van der Waals surface area contributed by atoms with Crippen LogP contribution in [0.1, 0.15) is 25.7 Å². The van der Waals surface area contributed by atoms with E-state index in [2.05, 4.69) is 20.5 Å². The first-order chi connectivity index (χ1) is 8.25. The number of anilines is 1. The summed E-state index contributed by atoms with van der Waals surface area (Å²) in [6.45, 7) is 1.60. The maximum absolute atomic E-state index is 5.83. The van der Waals surface area contributed by atoms with Crippen molar-refractivity contribution in [2.75, 3.05) is 18.5 Å². The second-order valence-corrected chi connectivity index (χ2v) is 4.62. The van der Waals surface area contributed by atoms with Gasteiger partial charge in [-0.3, -0.25) is 0 Å². The zero-order valence-electron chi connectivity index (χ0n) is 9.33. The quantitative estimate of drug-likeness (QED) is 0.916. The number of hydrogen-bond acceptors (Lipinski definition) is 5. The molecule has 7 heteroatoms. The zero-order valence-corrected chi connectivity index (χ0v) is 10.8. The van der Waals surface area contributed by atoms with Crippen LogP contribution in [-0.2, 0) is 4.74 Å². The number of nitrogens with one attached hydrogen (secondary N) is 1. The first-order valence-corrected chi connectivity index (χ1v) is 6.42. The van der Waals surface area contributed by atoms with Crippen molar-refractivity contribution < 1.29 is 4.74 Å². The van der Waals surface area contributed by atoms with Crippen LogP contribution in [0.25, 0.3) is 0 Å². The lowest BCUT2D eigenvalue weighted by atomic mass is 10.1. The Balaban J connectivity index is 1.79. The van der Waals surface area contributed by atoms with Crippen molar-refractivity contribution in [3.63, 3.8) is 0 Å². The average Bonchev–Trinajstić information content (AvgIpc) is 2.35. The van der Waals surface area contributed by atoms with Crippen molar-refractivity contribution in [2.24, 2.45) is 0 Å². The fourth-order valence-corrected chi connectivity index (χ4v) is 2.06. The van der Waals surface area contributed by atoms with E-state index in [1.807, 2.05) is 0 Å². The molecule has 1 unspecified atom stereocenters. The second kappa shape index (κ2) is 6.33. The summed E-state index contributed by atoms with van der Waals surface area (Å²) in [6, 6.07) is 0. The Bertz CT molecular complexity index is 371. The molecule has 0 bridgehead atoms. The SMILES string of the molecule is Clc1nnc(Cl)c(NCCC2CCCCO2)n1. The van der Waals surface area contributed by atoms with Crippen LogP contribution in [0.15, 0.2) is 0 Å². The summed E-state index contributed by atoms with van der Waals surface area (Å²) in [5, 5.41) is 10.6. The summed E-state index contributed by atoms with van der Waals surface area (Å²) in [4.78, 5) is 3.96. The van der Waals surface area contributed by atoms with E-state index in [-0.39, 0.29) is 10.4 Å². The molecule has 1 atom stereocenters. The maximum atomic E-state index is 5.83. The van der Waals surface area contributed by atoms with Crippen LogP contribution >= 0.6 is 23.2 Å². The van der Waals surface area contributed by atoms with E-state index in [4.69, 9.17) is 27.9 Å². The fraction of sp³-hybridized carbons (Fsp3) is 0.700. The van der Waals surface area contributed by atoms with Gasteiger partial charge in [0.1, 0.15) is 0 Å². The van der Waals surface area contributed by atoms with E-state index in [1.165, 1.54) is 12.8 Å². The molecule has 1 fully saturated rings. The Kier molecular flexibility index (Phi) is 4.76. The van der Waals surface area contributed by atoms with Crippen molar-refractivity contribution >= 4 is 29.0 Å². The highest BCUT2D eigenvalue weighted by Crippen LogP contribution is 2.18. The number of ether oxygens (including phenoxy) is 1. The van der Waals surface area contributed by atoms with Crippen LogP contribution in [-0.4, -0.2) is 34.4 Å². The van der Waals surface area contributed by atoms with Gasteiger partial charge in [-0.1, -0.05) is 11.6 Å². The average molecular weight is 277 g/mol. The summed E-state index contributed by atoms with van der Waals surface area (Å²) in [7, 11) is 0. The molecule has 1 aromatic rings. The molecule has 0 aromatic carbocycles. The lowest BCUT2D eigenvalue weighted by Crippen LogP contribution is -2.22. The molecule has 17 heavy (non-hydrogen) atoms.